The molecule has 6 nitrogen and oxygen atoms in total. The number of fused-ring (bicyclic) bond motifs is 1. The van der Waals surface area contributed by atoms with Crippen LogP contribution in [0.3, 0.4) is 0 Å². The van der Waals surface area contributed by atoms with Crippen molar-refractivity contribution in [2.45, 2.75) is 0 Å². The van der Waals surface area contributed by atoms with Gasteiger partial charge in [0.25, 0.3) is 0 Å². The molecule has 0 amide bonds. The van der Waals surface area contributed by atoms with Gasteiger partial charge in [0, 0.05) is 11.8 Å². The van der Waals surface area contributed by atoms with Crippen LogP contribution in [0.5, 0.6) is 0 Å². The van der Waals surface area contributed by atoms with Gasteiger partial charge in [0.05, 0.1) is 5.39 Å². The van der Waals surface area contributed by atoms with Crippen molar-refractivity contribution in [3.63, 3.8) is 0 Å². The maximum Gasteiger partial charge on any atom is 0.224 e. The summed E-state index contributed by atoms with van der Waals surface area (Å²) in [6, 6.07) is 1.57. The zero-order chi connectivity index (χ0) is 10.1. The van der Waals surface area contributed by atoms with E-state index in [0.717, 1.165) is 0 Å². The molecule has 70 valence electrons. The van der Waals surface area contributed by atoms with E-state index in [4.69, 9.17) is 11.5 Å². The molecule has 4 N–H and O–H groups in total. The molecule has 2 rings (SSSR count). The van der Waals surface area contributed by atoms with Crippen molar-refractivity contribution in [1.29, 1.82) is 0 Å². The highest BCUT2D eigenvalue weighted by Gasteiger charge is 2.04. The van der Waals surface area contributed by atoms with Gasteiger partial charge in [-0.2, -0.15) is 9.97 Å². The first-order chi connectivity index (χ1) is 6.70. The number of pyridine rings is 1. The van der Waals surface area contributed by atoms with E-state index in [0.29, 0.717) is 22.9 Å². The van der Waals surface area contributed by atoms with Crippen molar-refractivity contribution in [2.75, 3.05) is 11.5 Å². The number of nitrogens with two attached hydrogens (primary N) is 2. The number of carbonyl (C=O) groups excluding carboxylic acids is 1. The van der Waals surface area contributed by atoms with Crippen LogP contribution in [-0.2, 0) is 0 Å². The number of nitrogens with zero attached hydrogens (tertiary/aromatic N) is 3. The Balaban J connectivity index is 2.81. The second-order valence-electron chi connectivity index (χ2n) is 2.72. The molecule has 2 heterocycles. The summed E-state index contributed by atoms with van der Waals surface area (Å²) in [5, 5.41) is 0.531. The third kappa shape index (κ3) is 1.22. The smallest absolute Gasteiger partial charge is 0.224 e. The average Bonchev–Trinajstić information content (AvgIpc) is 2.17. The lowest BCUT2D eigenvalue weighted by atomic mass is 10.2. The zero-order valence-corrected chi connectivity index (χ0v) is 7.14. The zero-order valence-electron chi connectivity index (χ0n) is 7.14. The third-order valence-corrected chi connectivity index (χ3v) is 1.76. The van der Waals surface area contributed by atoms with Gasteiger partial charge >= 0.3 is 0 Å². The van der Waals surface area contributed by atoms with Crippen LogP contribution in [0.15, 0.2) is 12.3 Å². The van der Waals surface area contributed by atoms with Gasteiger partial charge in [0.15, 0.2) is 11.9 Å². The maximum absolute atomic E-state index is 10.5. The van der Waals surface area contributed by atoms with Crippen LogP contribution in [0, 0.1) is 0 Å². The predicted molar refractivity (Wildman–Crippen MR) is 51.5 cm³/mol. The first kappa shape index (κ1) is 8.36. The van der Waals surface area contributed by atoms with E-state index in [2.05, 4.69) is 15.0 Å². The molecule has 0 fully saturated rings. The third-order valence-electron chi connectivity index (χ3n) is 1.76. The molecule has 0 radical (unpaired) electrons. The molecule has 0 spiro atoms. The number of carbonyl (C=O) groups is 1. The first-order valence-corrected chi connectivity index (χ1v) is 3.84. The van der Waals surface area contributed by atoms with Crippen LogP contribution in [0.1, 0.15) is 10.4 Å². The van der Waals surface area contributed by atoms with Gasteiger partial charge in [-0.05, 0) is 6.07 Å². The maximum atomic E-state index is 10.5. The fraction of sp³-hybridized carbons (Fsp3) is 0. The fourth-order valence-corrected chi connectivity index (χ4v) is 1.13. The molecule has 6 heteroatoms. The lowest BCUT2D eigenvalue weighted by molar-refractivity contribution is 0.112. The van der Waals surface area contributed by atoms with Crippen molar-refractivity contribution in [3.05, 3.63) is 17.8 Å². The molecule has 2 aromatic rings. The summed E-state index contributed by atoms with van der Waals surface area (Å²) < 4.78 is 0. The van der Waals surface area contributed by atoms with E-state index < -0.39 is 0 Å². The highest BCUT2D eigenvalue weighted by molar-refractivity contribution is 5.90. The molecule has 0 bridgehead atoms. The molecule has 0 atom stereocenters. The molecular formula is C8H7N5O. The van der Waals surface area contributed by atoms with E-state index in [1.54, 1.807) is 6.07 Å². The molecule has 2 aromatic heterocycles. The number of aromatic nitrogens is 3. The van der Waals surface area contributed by atoms with E-state index in [1.807, 2.05) is 0 Å². The molecule has 0 saturated carbocycles. The largest absolute Gasteiger partial charge is 0.383 e. The number of anilines is 2. The van der Waals surface area contributed by atoms with Gasteiger partial charge in [-0.25, -0.2) is 4.98 Å². The highest BCUT2D eigenvalue weighted by Crippen LogP contribution is 2.16. The van der Waals surface area contributed by atoms with E-state index in [9.17, 15) is 4.79 Å². The van der Waals surface area contributed by atoms with Crippen molar-refractivity contribution in [1.82, 2.24) is 15.0 Å². The monoisotopic (exact) mass is 189 g/mol. The van der Waals surface area contributed by atoms with Crippen LogP contribution in [-0.4, -0.2) is 21.2 Å². The summed E-state index contributed by atoms with van der Waals surface area (Å²) in [5.74, 6) is 0.296. The predicted octanol–water partition coefficient (Wildman–Crippen LogP) is 0.00170. The molecule has 0 unspecified atom stereocenters. The lowest BCUT2D eigenvalue weighted by Gasteiger charge is -2.01. The molecule has 0 aromatic carbocycles. The summed E-state index contributed by atoms with van der Waals surface area (Å²) in [7, 11) is 0. The van der Waals surface area contributed by atoms with Crippen LogP contribution in [0.2, 0.25) is 0 Å². The van der Waals surface area contributed by atoms with Crippen molar-refractivity contribution >= 4 is 29.1 Å². The normalized spacial score (nSPS) is 10.3. The second kappa shape index (κ2) is 2.91. The van der Waals surface area contributed by atoms with Crippen LogP contribution < -0.4 is 11.5 Å². The Morgan fingerprint density at radius 3 is 2.79 bits per heavy atom. The Morgan fingerprint density at radius 2 is 2.07 bits per heavy atom. The van der Waals surface area contributed by atoms with Gasteiger partial charge in [-0.3, -0.25) is 4.79 Å². The topological polar surface area (TPSA) is 108 Å². The minimum absolute atomic E-state index is 0.0707. The summed E-state index contributed by atoms with van der Waals surface area (Å²) in [5.41, 5.74) is 11.8. The Morgan fingerprint density at radius 1 is 1.29 bits per heavy atom. The number of hydrogen-bond acceptors (Lipinski definition) is 6. The Hall–Kier alpha value is -2.24. The molecule has 0 aliphatic carbocycles. The summed E-state index contributed by atoms with van der Waals surface area (Å²) in [6.45, 7) is 0. The molecule has 0 saturated heterocycles. The summed E-state index contributed by atoms with van der Waals surface area (Å²) in [4.78, 5) is 22.1. The Kier molecular flexibility index (Phi) is 1.74. The quantitative estimate of drug-likeness (QED) is 0.611. The second-order valence-corrected chi connectivity index (χ2v) is 2.72. The van der Waals surface area contributed by atoms with Gasteiger partial charge in [0.2, 0.25) is 5.95 Å². The minimum Gasteiger partial charge on any atom is -0.383 e. The standard InChI is InChI=1S/C8H7N5O/c9-6-5-1-4(3-14)2-11-7(5)13-8(10)12-6/h1-3H,(H4,9,10,11,12,13). The SMILES string of the molecule is Nc1nc(N)c2cc(C=O)cnc2n1. The molecular weight excluding hydrogens is 182 g/mol. The lowest BCUT2D eigenvalue weighted by Crippen LogP contribution is -2.02. The van der Waals surface area contributed by atoms with Gasteiger partial charge in [-0.1, -0.05) is 0 Å². The molecule has 0 aliphatic heterocycles. The minimum atomic E-state index is 0.0707. The van der Waals surface area contributed by atoms with Crippen LogP contribution in [0.25, 0.3) is 11.0 Å². The number of nitrogen functional groups attached to an aromatic ring is 2. The van der Waals surface area contributed by atoms with Crippen LogP contribution >= 0.6 is 0 Å². The first-order valence-electron chi connectivity index (χ1n) is 3.84. The number of hydrogen-bond donors (Lipinski definition) is 2. The van der Waals surface area contributed by atoms with E-state index in [-0.39, 0.29) is 11.8 Å². The molecule has 0 aliphatic rings. The van der Waals surface area contributed by atoms with Crippen molar-refractivity contribution < 1.29 is 4.79 Å². The van der Waals surface area contributed by atoms with E-state index in [1.165, 1.54) is 6.20 Å². The average molecular weight is 189 g/mol. The van der Waals surface area contributed by atoms with E-state index >= 15 is 0 Å². The summed E-state index contributed by atoms with van der Waals surface area (Å²) in [6.07, 6.45) is 2.09. The highest BCUT2D eigenvalue weighted by atomic mass is 16.1. The number of aldehydes is 1. The Bertz CT molecular complexity index is 510. The summed E-state index contributed by atoms with van der Waals surface area (Å²) >= 11 is 0. The molecule has 14 heavy (non-hydrogen) atoms. The Labute approximate surface area is 79.0 Å². The van der Waals surface area contributed by atoms with Crippen molar-refractivity contribution in [3.8, 4) is 0 Å². The van der Waals surface area contributed by atoms with Gasteiger partial charge in [-0.15, -0.1) is 0 Å². The van der Waals surface area contributed by atoms with Crippen LogP contribution in [0.4, 0.5) is 11.8 Å². The fourth-order valence-electron chi connectivity index (χ4n) is 1.13. The van der Waals surface area contributed by atoms with Gasteiger partial charge in [0.1, 0.15) is 5.82 Å². The van der Waals surface area contributed by atoms with Crippen molar-refractivity contribution in [2.24, 2.45) is 0 Å². The van der Waals surface area contributed by atoms with Gasteiger partial charge < -0.3 is 11.5 Å². The number of rotatable bonds is 1.